The van der Waals surface area contributed by atoms with Crippen molar-refractivity contribution in [1.29, 1.82) is 0 Å². The van der Waals surface area contributed by atoms with Gasteiger partial charge in [0.2, 0.25) is 22.7 Å². The maximum absolute atomic E-state index is 13.3. The molecule has 1 aromatic rings. The third kappa shape index (κ3) is 2.71. The molecular formula is C19H27N5O4S. The van der Waals surface area contributed by atoms with E-state index in [1.807, 2.05) is 0 Å². The van der Waals surface area contributed by atoms with Gasteiger partial charge >= 0.3 is 0 Å². The highest BCUT2D eigenvalue weighted by Gasteiger charge is 2.61. The summed E-state index contributed by atoms with van der Waals surface area (Å²) in [5.74, 6) is 0.936. The van der Waals surface area contributed by atoms with E-state index in [-0.39, 0.29) is 29.7 Å². The topological polar surface area (TPSA) is 127 Å². The minimum absolute atomic E-state index is 0.0121. The molecule has 2 unspecified atom stereocenters. The van der Waals surface area contributed by atoms with E-state index in [4.69, 9.17) is 5.73 Å². The summed E-state index contributed by atoms with van der Waals surface area (Å²) < 4.78 is 26.8. The molecule has 5 fully saturated rings. The number of nitrogens with one attached hydrogen (secondary N) is 1. The summed E-state index contributed by atoms with van der Waals surface area (Å²) in [7, 11) is -1.33. The van der Waals surface area contributed by atoms with Crippen LogP contribution in [0, 0.1) is 23.2 Å². The van der Waals surface area contributed by atoms with Crippen LogP contribution >= 0.6 is 0 Å². The minimum atomic E-state index is -2.99. The lowest BCUT2D eigenvalue weighted by atomic mass is 9.47. The lowest BCUT2D eigenvalue weighted by Crippen LogP contribution is -2.64. The Labute approximate surface area is 171 Å². The Morgan fingerprint density at radius 3 is 2.38 bits per heavy atom. The number of rotatable bonds is 6. The zero-order valence-electron chi connectivity index (χ0n) is 16.4. The van der Waals surface area contributed by atoms with Crippen LogP contribution in [0.4, 0.5) is 5.82 Å². The molecule has 10 heteroatoms. The zero-order chi connectivity index (χ0) is 20.6. The molecule has 2 atom stereocenters. The van der Waals surface area contributed by atoms with E-state index in [0.29, 0.717) is 24.6 Å². The van der Waals surface area contributed by atoms with Gasteiger partial charge in [-0.05, 0) is 62.7 Å². The number of carbonyl (C=O) groups is 2. The van der Waals surface area contributed by atoms with Gasteiger partial charge in [-0.2, -0.15) is 5.10 Å². The molecule has 1 aromatic heterocycles. The maximum atomic E-state index is 13.3. The van der Waals surface area contributed by atoms with Gasteiger partial charge in [0.05, 0.1) is 6.20 Å². The normalized spacial score (nSPS) is 36.2. The fourth-order valence-electron chi connectivity index (χ4n) is 6.53. The van der Waals surface area contributed by atoms with Gasteiger partial charge in [0.25, 0.3) is 0 Å². The van der Waals surface area contributed by atoms with Gasteiger partial charge < -0.3 is 11.1 Å². The summed E-state index contributed by atoms with van der Waals surface area (Å²) in [4.78, 5) is 25.5. The van der Waals surface area contributed by atoms with Crippen LogP contribution in [0.25, 0.3) is 0 Å². The smallest absolute Gasteiger partial charge is 0.247 e. The number of hydrogen-bond donors (Lipinski definition) is 3. The maximum Gasteiger partial charge on any atom is 0.247 e. The van der Waals surface area contributed by atoms with E-state index in [0.717, 1.165) is 32.1 Å². The molecule has 5 aliphatic rings. The molecule has 0 radical (unpaired) electrons. The fourth-order valence-corrected chi connectivity index (χ4v) is 7.50. The van der Waals surface area contributed by atoms with Crippen molar-refractivity contribution in [3.05, 3.63) is 12.3 Å². The van der Waals surface area contributed by atoms with Crippen molar-refractivity contribution in [2.45, 2.75) is 56.5 Å². The average molecular weight is 422 g/mol. The Hall–Kier alpha value is -2.10. The van der Waals surface area contributed by atoms with Gasteiger partial charge in [-0.15, -0.1) is 0 Å². The third-order valence-electron chi connectivity index (χ3n) is 7.82. The highest BCUT2D eigenvalue weighted by atomic mass is 32.2. The van der Waals surface area contributed by atoms with Gasteiger partial charge in [-0.3, -0.25) is 14.3 Å². The van der Waals surface area contributed by atoms with Crippen LogP contribution in [-0.4, -0.2) is 41.6 Å². The second-order valence-electron chi connectivity index (χ2n) is 9.51. The van der Waals surface area contributed by atoms with E-state index < -0.39 is 21.8 Å². The Bertz CT molecular complexity index is 928. The number of anilines is 1. The van der Waals surface area contributed by atoms with E-state index in [1.165, 1.54) is 15.2 Å². The molecule has 0 aromatic carbocycles. The summed E-state index contributed by atoms with van der Waals surface area (Å²) in [6.07, 6.45) is 6.85. The Morgan fingerprint density at radius 2 is 1.90 bits per heavy atom. The van der Waals surface area contributed by atoms with E-state index in [9.17, 15) is 18.0 Å². The van der Waals surface area contributed by atoms with Crippen molar-refractivity contribution in [3.63, 3.8) is 0 Å². The van der Waals surface area contributed by atoms with Gasteiger partial charge in [0, 0.05) is 24.6 Å². The standard InChI is InChI=1S/C19H27N5O4S/c1-23-14(2-5-21-23)24(29(27)28)19(3-4-19)17(26)22-15-12-6-11-7-13(15)10-18(8-11,9-12)16(20)25/h2,5,11-13,15,29H,3-4,6-10H2,1H3,(H2,20,25)(H,22,26). The van der Waals surface area contributed by atoms with Crippen LogP contribution in [0.3, 0.4) is 0 Å². The molecule has 158 valence electrons. The summed E-state index contributed by atoms with van der Waals surface area (Å²) in [6, 6.07) is 1.60. The van der Waals surface area contributed by atoms with E-state index in [1.54, 1.807) is 13.1 Å². The number of carbonyl (C=O) groups excluding carboxylic acids is 2. The van der Waals surface area contributed by atoms with E-state index in [2.05, 4.69) is 10.4 Å². The number of primary amides is 1. The largest absolute Gasteiger partial charge is 0.369 e. The first-order valence-electron chi connectivity index (χ1n) is 10.3. The molecule has 29 heavy (non-hydrogen) atoms. The summed E-state index contributed by atoms with van der Waals surface area (Å²) in [5.41, 5.74) is 4.27. The quantitative estimate of drug-likeness (QED) is 0.561. The van der Waals surface area contributed by atoms with Crippen LogP contribution in [0.2, 0.25) is 0 Å². The van der Waals surface area contributed by atoms with Crippen LogP contribution in [-0.2, 0) is 27.5 Å². The third-order valence-corrected chi connectivity index (χ3v) is 8.74. The number of aromatic nitrogens is 2. The van der Waals surface area contributed by atoms with Crippen LogP contribution < -0.4 is 15.4 Å². The van der Waals surface area contributed by atoms with Crippen molar-refractivity contribution in [3.8, 4) is 0 Å². The molecule has 3 N–H and O–H groups in total. The summed E-state index contributed by atoms with van der Waals surface area (Å²) >= 11 is 0. The first kappa shape index (κ1) is 18.9. The fraction of sp³-hybridized carbons (Fsp3) is 0.737. The number of hydrogen-bond acceptors (Lipinski definition) is 5. The van der Waals surface area contributed by atoms with Crippen molar-refractivity contribution in [2.75, 3.05) is 4.31 Å². The second-order valence-corrected chi connectivity index (χ2v) is 10.4. The Balaban J connectivity index is 1.38. The number of thiol groups is 1. The second kappa shape index (κ2) is 6.20. The van der Waals surface area contributed by atoms with Gasteiger partial charge in [0.1, 0.15) is 11.4 Å². The SMILES string of the molecule is Cn1nccc1N([SH](=O)=O)C1(C(=O)NC2C3CC4CC2CC(C(N)=O)(C4)C3)CC1. The summed E-state index contributed by atoms with van der Waals surface area (Å²) in [5, 5.41) is 7.26. The van der Waals surface area contributed by atoms with Crippen molar-refractivity contribution in [1.82, 2.24) is 15.1 Å². The molecule has 9 nitrogen and oxygen atoms in total. The molecule has 5 aliphatic carbocycles. The van der Waals surface area contributed by atoms with Crippen LogP contribution in [0.1, 0.15) is 44.9 Å². The molecule has 0 spiro atoms. The molecule has 6 rings (SSSR count). The minimum Gasteiger partial charge on any atom is -0.369 e. The highest BCUT2D eigenvalue weighted by Crippen LogP contribution is 2.60. The highest BCUT2D eigenvalue weighted by molar-refractivity contribution is 7.74. The van der Waals surface area contributed by atoms with Gasteiger partial charge in [-0.1, -0.05) is 0 Å². The molecule has 2 amide bonds. The molecule has 4 bridgehead atoms. The predicted octanol–water partition coefficient (Wildman–Crippen LogP) is 0.0819. The molecule has 5 saturated carbocycles. The molecule has 1 heterocycles. The first-order valence-corrected chi connectivity index (χ1v) is 11.4. The lowest BCUT2D eigenvalue weighted by Gasteiger charge is -2.59. The average Bonchev–Trinajstić information content (AvgIpc) is 3.34. The summed E-state index contributed by atoms with van der Waals surface area (Å²) in [6.45, 7) is 0. The van der Waals surface area contributed by atoms with Crippen LogP contribution in [0.15, 0.2) is 12.3 Å². The predicted molar refractivity (Wildman–Crippen MR) is 105 cm³/mol. The molecule has 0 saturated heterocycles. The van der Waals surface area contributed by atoms with Crippen molar-refractivity contribution in [2.24, 2.45) is 36.0 Å². The van der Waals surface area contributed by atoms with Crippen molar-refractivity contribution < 1.29 is 18.0 Å². The van der Waals surface area contributed by atoms with Crippen LogP contribution in [0.5, 0.6) is 0 Å². The number of nitrogens with two attached hydrogens (primary N) is 1. The van der Waals surface area contributed by atoms with Crippen molar-refractivity contribution >= 4 is 28.5 Å². The molecule has 0 aliphatic heterocycles. The lowest BCUT2D eigenvalue weighted by molar-refractivity contribution is -0.147. The first-order chi connectivity index (χ1) is 13.8. The Kier molecular flexibility index (Phi) is 4.04. The number of nitrogens with zero attached hydrogens (tertiary/aromatic N) is 3. The van der Waals surface area contributed by atoms with E-state index >= 15 is 0 Å². The number of aryl methyl sites for hydroxylation is 1. The van der Waals surface area contributed by atoms with Gasteiger partial charge in [0.15, 0.2) is 0 Å². The number of amides is 2. The molecular weight excluding hydrogens is 394 g/mol. The zero-order valence-corrected chi connectivity index (χ0v) is 17.3. The van der Waals surface area contributed by atoms with Gasteiger partial charge in [-0.25, -0.2) is 12.7 Å². The Morgan fingerprint density at radius 1 is 1.24 bits per heavy atom. The monoisotopic (exact) mass is 421 g/mol.